The van der Waals surface area contributed by atoms with Crippen molar-refractivity contribution < 1.29 is 0 Å². The molecule has 2 aromatic heterocycles. The van der Waals surface area contributed by atoms with Gasteiger partial charge in [-0.1, -0.05) is 12.1 Å². The number of hydrogen-bond donors (Lipinski definition) is 1. The van der Waals surface area contributed by atoms with E-state index in [2.05, 4.69) is 25.4 Å². The van der Waals surface area contributed by atoms with Crippen LogP contribution in [-0.4, -0.2) is 31.3 Å². The Morgan fingerprint density at radius 1 is 1.22 bits per heavy atom. The molecule has 0 amide bonds. The van der Waals surface area contributed by atoms with Crippen LogP contribution in [0.25, 0.3) is 16.7 Å². The van der Waals surface area contributed by atoms with Gasteiger partial charge in [-0.2, -0.15) is 10.1 Å². The molecule has 0 aliphatic heterocycles. The zero-order chi connectivity index (χ0) is 12.4. The van der Waals surface area contributed by atoms with E-state index in [-0.39, 0.29) is 0 Å². The molecule has 90 valence electrons. The van der Waals surface area contributed by atoms with E-state index in [4.69, 9.17) is 0 Å². The molecule has 0 aliphatic rings. The average molecular weight is 240 g/mol. The number of fused-ring (bicyclic) bond motifs is 1. The maximum Gasteiger partial charge on any atom is 0.225 e. The second-order valence-electron chi connectivity index (χ2n) is 3.76. The van der Waals surface area contributed by atoms with Crippen LogP contribution in [0.1, 0.15) is 6.92 Å². The van der Waals surface area contributed by atoms with Crippen molar-refractivity contribution >= 4 is 16.9 Å². The quantitative estimate of drug-likeness (QED) is 0.753. The summed E-state index contributed by atoms with van der Waals surface area (Å²) >= 11 is 0. The predicted octanol–water partition coefficient (Wildman–Crippen LogP) is 1.64. The SMILES string of the molecule is CCNc1nc(-n2cncn2)c2ccccc2n1. The summed E-state index contributed by atoms with van der Waals surface area (Å²) in [5.74, 6) is 1.33. The van der Waals surface area contributed by atoms with Gasteiger partial charge in [0.1, 0.15) is 12.7 Å². The van der Waals surface area contributed by atoms with Crippen molar-refractivity contribution in [2.75, 3.05) is 11.9 Å². The molecular weight excluding hydrogens is 228 g/mol. The highest BCUT2D eigenvalue weighted by Gasteiger charge is 2.08. The van der Waals surface area contributed by atoms with E-state index >= 15 is 0 Å². The summed E-state index contributed by atoms with van der Waals surface area (Å²) in [6.07, 6.45) is 3.12. The van der Waals surface area contributed by atoms with Crippen LogP contribution in [-0.2, 0) is 0 Å². The van der Waals surface area contributed by atoms with Gasteiger partial charge in [-0.3, -0.25) is 0 Å². The van der Waals surface area contributed by atoms with Gasteiger partial charge in [0, 0.05) is 11.9 Å². The molecule has 0 radical (unpaired) electrons. The minimum Gasteiger partial charge on any atom is -0.354 e. The van der Waals surface area contributed by atoms with Crippen molar-refractivity contribution in [2.45, 2.75) is 6.92 Å². The van der Waals surface area contributed by atoms with E-state index in [1.165, 1.54) is 6.33 Å². The van der Waals surface area contributed by atoms with Crippen molar-refractivity contribution in [1.82, 2.24) is 24.7 Å². The van der Waals surface area contributed by atoms with Gasteiger partial charge >= 0.3 is 0 Å². The normalized spacial score (nSPS) is 10.7. The van der Waals surface area contributed by atoms with Crippen LogP contribution in [0.4, 0.5) is 5.95 Å². The summed E-state index contributed by atoms with van der Waals surface area (Å²) in [7, 11) is 0. The van der Waals surface area contributed by atoms with Gasteiger partial charge in [0.05, 0.1) is 5.52 Å². The van der Waals surface area contributed by atoms with Crippen molar-refractivity contribution in [2.24, 2.45) is 0 Å². The van der Waals surface area contributed by atoms with Gasteiger partial charge in [0.25, 0.3) is 0 Å². The molecule has 0 saturated heterocycles. The predicted molar refractivity (Wildman–Crippen MR) is 68.6 cm³/mol. The van der Waals surface area contributed by atoms with E-state index in [0.29, 0.717) is 5.95 Å². The number of nitrogens with one attached hydrogen (secondary N) is 1. The van der Waals surface area contributed by atoms with Crippen LogP contribution in [0.15, 0.2) is 36.9 Å². The van der Waals surface area contributed by atoms with E-state index in [0.717, 1.165) is 23.3 Å². The van der Waals surface area contributed by atoms with Crippen LogP contribution in [0.5, 0.6) is 0 Å². The first kappa shape index (κ1) is 10.6. The van der Waals surface area contributed by atoms with E-state index in [1.54, 1.807) is 11.0 Å². The lowest BCUT2D eigenvalue weighted by molar-refractivity contribution is 0.849. The Balaban J connectivity index is 2.27. The Kier molecular flexibility index (Phi) is 2.60. The van der Waals surface area contributed by atoms with Gasteiger partial charge < -0.3 is 5.32 Å². The average Bonchev–Trinajstić information content (AvgIpc) is 2.92. The van der Waals surface area contributed by atoms with Gasteiger partial charge in [-0.15, -0.1) is 0 Å². The third-order valence-electron chi connectivity index (χ3n) is 2.55. The second kappa shape index (κ2) is 4.40. The first-order chi connectivity index (χ1) is 8.88. The molecule has 1 aromatic carbocycles. The molecule has 0 fully saturated rings. The lowest BCUT2D eigenvalue weighted by atomic mass is 10.2. The Hall–Kier alpha value is -2.50. The zero-order valence-corrected chi connectivity index (χ0v) is 9.91. The summed E-state index contributed by atoms with van der Waals surface area (Å²) in [6.45, 7) is 2.78. The standard InChI is InChI=1S/C12H12N6/c1-2-14-12-16-10-6-4-3-5-9(10)11(17-12)18-8-13-7-15-18/h3-8H,2H2,1H3,(H,14,16,17). The largest absolute Gasteiger partial charge is 0.354 e. The molecule has 0 spiro atoms. The summed E-state index contributed by atoms with van der Waals surface area (Å²) in [5.41, 5.74) is 0.883. The third-order valence-corrected chi connectivity index (χ3v) is 2.55. The monoisotopic (exact) mass is 240 g/mol. The van der Waals surface area contributed by atoms with Crippen LogP contribution >= 0.6 is 0 Å². The zero-order valence-electron chi connectivity index (χ0n) is 9.91. The number of rotatable bonds is 3. The third kappa shape index (κ3) is 1.77. The number of anilines is 1. The lowest BCUT2D eigenvalue weighted by Crippen LogP contribution is -2.07. The molecule has 2 heterocycles. The fourth-order valence-electron chi connectivity index (χ4n) is 1.79. The maximum atomic E-state index is 4.47. The Morgan fingerprint density at radius 3 is 2.89 bits per heavy atom. The molecule has 1 N–H and O–H groups in total. The molecule has 18 heavy (non-hydrogen) atoms. The van der Waals surface area contributed by atoms with Crippen molar-refractivity contribution in [3.05, 3.63) is 36.9 Å². The lowest BCUT2D eigenvalue weighted by Gasteiger charge is -2.08. The molecule has 0 bridgehead atoms. The molecule has 3 aromatic rings. The fourth-order valence-corrected chi connectivity index (χ4v) is 1.79. The Morgan fingerprint density at radius 2 is 2.11 bits per heavy atom. The van der Waals surface area contributed by atoms with Crippen molar-refractivity contribution in [3.63, 3.8) is 0 Å². The highest BCUT2D eigenvalue weighted by molar-refractivity contribution is 5.86. The minimum absolute atomic E-state index is 0.599. The topological polar surface area (TPSA) is 68.5 Å². The summed E-state index contributed by atoms with van der Waals surface area (Å²) < 4.78 is 1.64. The summed E-state index contributed by atoms with van der Waals surface area (Å²) in [4.78, 5) is 12.9. The van der Waals surface area contributed by atoms with E-state index in [1.807, 2.05) is 31.2 Å². The number of para-hydroxylation sites is 1. The molecule has 6 heteroatoms. The van der Waals surface area contributed by atoms with Crippen LogP contribution in [0.2, 0.25) is 0 Å². The molecular formula is C12H12N6. The Labute approximate surface area is 104 Å². The molecule has 0 unspecified atom stereocenters. The summed E-state index contributed by atoms with van der Waals surface area (Å²) in [6, 6.07) is 7.84. The number of benzene rings is 1. The van der Waals surface area contributed by atoms with Crippen molar-refractivity contribution in [3.8, 4) is 5.82 Å². The molecule has 0 aliphatic carbocycles. The first-order valence-corrected chi connectivity index (χ1v) is 5.74. The molecule has 0 atom stereocenters. The highest BCUT2D eigenvalue weighted by Crippen LogP contribution is 2.19. The van der Waals surface area contributed by atoms with Crippen molar-refractivity contribution in [1.29, 1.82) is 0 Å². The molecule has 3 rings (SSSR count). The molecule has 0 saturated carbocycles. The molecule has 6 nitrogen and oxygen atoms in total. The maximum absolute atomic E-state index is 4.47. The number of hydrogen-bond acceptors (Lipinski definition) is 5. The Bertz CT molecular complexity index is 661. The van der Waals surface area contributed by atoms with Crippen LogP contribution in [0, 0.1) is 0 Å². The second-order valence-corrected chi connectivity index (χ2v) is 3.76. The van der Waals surface area contributed by atoms with Crippen LogP contribution in [0.3, 0.4) is 0 Å². The van der Waals surface area contributed by atoms with E-state index < -0.39 is 0 Å². The van der Waals surface area contributed by atoms with Gasteiger partial charge in [-0.25, -0.2) is 14.6 Å². The fraction of sp³-hybridized carbons (Fsp3) is 0.167. The van der Waals surface area contributed by atoms with Gasteiger partial charge in [0.15, 0.2) is 5.82 Å². The van der Waals surface area contributed by atoms with Gasteiger partial charge in [-0.05, 0) is 19.1 Å². The van der Waals surface area contributed by atoms with Crippen LogP contribution < -0.4 is 5.32 Å². The van der Waals surface area contributed by atoms with Gasteiger partial charge in [0.2, 0.25) is 5.95 Å². The number of nitrogens with zero attached hydrogens (tertiary/aromatic N) is 5. The number of aromatic nitrogens is 5. The highest BCUT2D eigenvalue weighted by atomic mass is 15.4. The first-order valence-electron chi connectivity index (χ1n) is 5.74. The van der Waals surface area contributed by atoms with E-state index in [9.17, 15) is 0 Å². The summed E-state index contributed by atoms with van der Waals surface area (Å²) in [5, 5.41) is 8.19. The smallest absolute Gasteiger partial charge is 0.225 e. The minimum atomic E-state index is 0.599.